The highest BCUT2D eigenvalue weighted by atomic mass is 16.5. The summed E-state index contributed by atoms with van der Waals surface area (Å²) >= 11 is 0. The van der Waals surface area contributed by atoms with Gasteiger partial charge in [-0.2, -0.15) is 0 Å². The van der Waals surface area contributed by atoms with Crippen LogP contribution in [0.1, 0.15) is 30.0 Å². The molecule has 0 bridgehead atoms. The fourth-order valence-electron chi connectivity index (χ4n) is 2.48. The first kappa shape index (κ1) is 17.9. The van der Waals surface area contributed by atoms with Crippen LogP contribution < -0.4 is 19.9 Å². The van der Waals surface area contributed by atoms with Crippen LogP contribution in [0, 0.1) is 0 Å². The zero-order valence-corrected chi connectivity index (χ0v) is 14.3. The van der Waals surface area contributed by atoms with Crippen molar-refractivity contribution in [3.63, 3.8) is 0 Å². The van der Waals surface area contributed by atoms with E-state index in [4.69, 9.17) is 19.9 Å². The topological polar surface area (TPSA) is 53.7 Å². The van der Waals surface area contributed by atoms with Crippen LogP contribution in [0.25, 0.3) is 0 Å². The third-order valence-corrected chi connectivity index (χ3v) is 3.83. The third-order valence-electron chi connectivity index (χ3n) is 3.83. The van der Waals surface area contributed by atoms with E-state index in [9.17, 15) is 0 Å². The summed E-state index contributed by atoms with van der Waals surface area (Å²) in [5, 5.41) is 0. The quantitative estimate of drug-likeness (QED) is 0.700. The van der Waals surface area contributed by atoms with Crippen molar-refractivity contribution in [2.24, 2.45) is 5.73 Å². The van der Waals surface area contributed by atoms with Gasteiger partial charge in [-0.15, -0.1) is 6.58 Å². The van der Waals surface area contributed by atoms with Gasteiger partial charge in [0, 0.05) is 17.7 Å². The summed E-state index contributed by atoms with van der Waals surface area (Å²) in [6.45, 7) is 4.22. The van der Waals surface area contributed by atoms with E-state index in [-0.39, 0.29) is 6.04 Å². The fourth-order valence-corrected chi connectivity index (χ4v) is 2.48. The Bertz CT molecular complexity index is 655. The van der Waals surface area contributed by atoms with E-state index in [0.717, 1.165) is 24.0 Å². The largest absolute Gasteiger partial charge is 0.493 e. The normalized spacial score (nSPS) is 11.6. The Morgan fingerprint density at radius 1 is 1.04 bits per heavy atom. The molecule has 0 saturated heterocycles. The average molecular weight is 327 g/mol. The van der Waals surface area contributed by atoms with Crippen molar-refractivity contribution < 1.29 is 14.2 Å². The summed E-state index contributed by atoms with van der Waals surface area (Å²) in [7, 11) is 3.22. The molecule has 1 atom stereocenters. The number of allylic oxidation sites excluding steroid dienone is 1. The first-order valence-electron chi connectivity index (χ1n) is 7.98. The second-order valence-electron chi connectivity index (χ2n) is 5.49. The molecule has 0 unspecified atom stereocenters. The van der Waals surface area contributed by atoms with Crippen LogP contribution in [0.3, 0.4) is 0 Å². The van der Waals surface area contributed by atoms with E-state index in [1.54, 1.807) is 14.2 Å². The first-order valence-corrected chi connectivity index (χ1v) is 7.98. The van der Waals surface area contributed by atoms with Gasteiger partial charge in [0.25, 0.3) is 0 Å². The average Bonchev–Trinajstić information content (AvgIpc) is 2.64. The second-order valence-corrected chi connectivity index (χ2v) is 5.49. The van der Waals surface area contributed by atoms with Crippen LogP contribution in [0.4, 0.5) is 0 Å². The Balaban J connectivity index is 2.29. The first-order chi connectivity index (χ1) is 11.7. The molecule has 128 valence electrons. The Labute approximate surface area is 143 Å². The van der Waals surface area contributed by atoms with Gasteiger partial charge in [0.2, 0.25) is 0 Å². The minimum absolute atomic E-state index is 0.159. The molecule has 24 heavy (non-hydrogen) atoms. The van der Waals surface area contributed by atoms with E-state index < -0.39 is 0 Å². The van der Waals surface area contributed by atoms with Gasteiger partial charge in [-0.05, 0) is 24.5 Å². The summed E-state index contributed by atoms with van der Waals surface area (Å²) in [6, 6.07) is 13.6. The van der Waals surface area contributed by atoms with E-state index >= 15 is 0 Å². The predicted octanol–water partition coefficient (Wildman–Crippen LogP) is 4.25. The Kier molecular flexibility index (Phi) is 6.70. The predicted molar refractivity (Wildman–Crippen MR) is 96.7 cm³/mol. The molecule has 0 aliphatic rings. The highest BCUT2D eigenvalue weighted by Gasteiger charge is 2.17. The number of methoxy groups -OCH3 is 2. The van der Waals surface area contributed by atoms with Crippen molar-refractivity contribution in [3.8, 4) is 17.2 Å². The van der Waals surface area contributed by atoms with Crippen LogP contribution in [-0.4, -0.2) is 14.2 Å². The Hall–Kier alpha value is -2.46. The van der Waals surface area contributed by atoms with Gasteiger partial charge in [0.15, 0.2) is 11.5 Å². The Morgan fingerprint density at radius 2 is 1.71 bits per heavy atom. The molecule has 0 aliphatic heterocycles. The summed E-state index contributed by atoms with van der Waals surface area (Å²) in [5.41, 5.74) is 8.34. The lowest BCUT2D eigenvalue weighted by molar-refractivity contribution is 0.294. The second kappa shape index (κ2) is 8.99. The van der Waals surface area contributed by atoms with Crippen LogP contribution in [0.2, 0.25) is 0 Å². The maximum atomic E-state index is 6.34. The van der Waals surface area contributed by atoms with Gasteiger partial charge in [0.05, 0.1) is 14.2 Å². The number of nitrogens with two attached hydrogens (primary N) is 1. The fraction of sp³-hybridized carbons (Fsp3) is 0.300. The van der Waals surface area contributed by atoms with E-state index in [0.29, 0.717) is 23.9 Å². The third kappa shape index (κ3) is 4.52. The number of benzene rings is 2. The highest BCUT2D eigenvalue weighted by molar-refractivity contribution is 5.51. The number of ether oxygens (including phenoxy) is 3. The molecule has 2 aromatic carbocycles. The lowest BCUT2D eigenvalue weighted by Gasteiger charge is -2.19. The molecule has 0 fully saturated rings. The van der Waals surface area contributed by atoms with Crippen molar-refractivity contribution in [3.05, 3.63) is 66.2 Å². The van der Waals surface area contributed by atoms with Gasteiger partial charge < -0.3 is 19.9 Å². The highest BCUT2D eigenvalue weighted by Crippen LogP contribution is 2.38. The molecule has 0 saturated carbocycles. The molecule has 0 heterocycles. The lowest BCUT2D eigenvalue weighted by atomic mass is 10.0. The maximum Gasteiger partial charge on any atom is 0.164 e. The van der Waals surface area contributed by atoms with Crippen molar-refractivity contribution >= 4 is 0 Å². The SMILES string of the molecule is C=CCC[C@@H](N)c1cc(OC)c(OC)cc1OCc1ccccc1. The number of rotatable bonds is 9. The van der Waals surface area contributed by atoms with Crippen LogP contribution in [-0.2, 0) is 6.61 Å². The zero-order chi connectivity index (χ0) is 17.4. The minimum atomic E-state index is -0.159. The molecule has 2 rings (SSSR count). The number of hydrogen-bond acceptors (Lipinski definition) is 4. The van der Waals surface area contributed by atoms with E-state index in [1.165, 1.54) is 0 Å². The van der Waals surface area contributed by atoms with Crippen LogP contribution >= 0.6 is 0 Å². The van der Waals surface area contributed by atoms with E-state index in [2.05, 4.69) is 6.58 Å². The molecular weight excluding hydrogens is 302 g/mol. The maximum absolute atomic E-state index is 6.34. The molecule has 4 heteroatoms. The minimum Gasteiger partial charge on any atom is -0.493 e. The van der Waals surface area contributed by atoms with Gasteiger partial charge in [0.1, 0.15) is 12.4 Å². The van der Waals surface area contributed by atoms with Crippen molar-refractivity contribution in [2.75, 3.05) is 14.2 Å². The van der Waals surface area contributed by atoms with E-state index in [1.807, 2.05) is 48.5 Å². The summed E-state index contributed by atoms with van der Waals surface area (Å²) in [5.74, 6) is 1.99. The molecule has 2 N–H and O–H groups in total. The van der Waals surface area contributed by atoms with Gasteiger partial charge in [-0.3, -0.25) is 0 Å². The van der Waals surface area contributed by atoms with Gasteiger partial charge >= 0.3 is 0 Å². The lowest BCUT2D eigenvalue weighted by Crippen LogP contribution is -2.12. The van der Waals surface area contributed by atoms with Crippen LogP contribution in [0.15, 0.2) is 55.1 Å². The zero-order valence-electron chi connectivity index (χ0n) is 14.3. The summed E-state index contributed by atoms with van der Waals surface area (Å²) < 4.78 is 16.8. The molecule has 0 aliphatic carbocycles. The molecule has 0 aromatic heterocycles. The molecule has 4 nitrogen and oxygen atoms in total. The van der Waals surface area contributed by atoms with Crippen molar-refractivity contribution in [1.82, 2.24) is 0 Å². The number of hydrogen-bond donors (Lipinski definition) is 1. The van der Waals surface area contributed by atoms with Gasteiger partial charge in [-0.25, -0.2) is 0 Å². The monoisotopic (exact) mass is 327 g/mol. The summed E-state index contributed by atoms with van der Waals surface area (Å²) in [4.78, 5) is 0. The Morgan fingerprint density at radius 3 is 2.33 bits per heavy atom. The van der Waals surface area contributed by atoms with Crippen molar-refractivity contribution in [1.29, 1.82) is 0 Å². The molecule has 0 spiro atoms. The van der Waals surface area contributed by atoms with Crippen molar-refractivity contribution in [2.45, 2.75) is 25.5 Å². The smallest absolute Gasteiger partial charge is 0.164 e. The summed E-state index contributed by atoms with van der Waals surface area (Å²) in [6.07, 6.45) is 3.50. The molecule has 0 amide bonds. The van der Waals surface area contributed by atoms with Crippen LogP contribution in [0.5, 0.6) is 17.2 Å². The molecular formula is C20H25NO3. The standard InChI is InChI=1S/C20H25NO3/c1-4-5-11-17(21)16-12-19(22-2)20(23-3)13-18(16)24-14-15-9-7-6-8-10-15/h4,6-10,12-13,17H,1,5,11,14,21H2,2-3H3/t17-/m1/s1. The molecule has 2 aromatic rings. The molecule has 0 radical (unpaired) electrons. The van der Waals surface area contributed by atoms with Gasteiger partial charge in [-0.1, -0.05) is 36.4 Å².